The first-order chi connectivity index (χ1) is 17.8. The molecular formula is C27H25ClF3N3O4. The number of benzene rings is 2. The first-order valence-corrected chi connectivity index (χ1v) is 11.7. The van der Waals surface area contributed by atoms with Gasteiger partial charge in [0.15, 0.2) is 0 Å². The first kappa shape index (κ1) is 28.6. The van der Waals surface area contributed by atoms with E-state index in [2.05, 4.69) is 9.98 Å². The second-order valence-electron chi connectivity index (χ2n) is 9.05. The van der Waals surface area contributed by atoms with Crippen molar-refractivity contribution in [3.8, 4) is 16.9 Å². The third-order valence-electron chi connectivity index (χ3n) is 5.70. The average molecular weight is 548 g/mol. The Bertz CT molecular complexity index is 1390. The van der Waals surface area contributed by atoms with Crippen LogP contribution in [0.1, 0.15) is 35.5 Å². The van der Waals surface area contributed by atoms with Crippen molar-refractivity contribution in [2.45, 2.75) is 20.0 Å². The number of pyridine rings is 1. The van der Waals surface area contributed by atoms with Crippen LogP contribution in [0.5, 0.6) is 5.75 Å². The molecule has 38 heavy (non-hydrogen) atoms. The SMILES string of the molecule is CN=Cc1cc(C(F)(F)F)ncc1-c1cc(C(=O)N(C)c2ccccc2OCC(C)(C)C(=O)O)ccc1Cl. The Labute approximate surface area is 222 Å². The number of ether oxygens (including phenoxy) is 1. The molecule has 0 saturated heterocycles. The Morgan fingerprint density at radius 3 is 2.45 bits per heavy atom. The molecule has 0 aliphatic rings. The van der Waals surface area contributed by atoms with Crippen LogP contribution in [0, 0.1) is 5.41 Å². The summed E-state index contributed by atoms with van der Waals surface area (Å²) in [5.74, 6) is -1.18. The van der Waals surface area contributed by atoms with Crippen molar-refractivity contribution in [1.82, 2.24) is 4.98 Å². The molecule has 0 atom stereocenters. The van der Waals surface area contributed by atoms with E-state index in [4.69, 9.17) is 16.3 Å². The number of rotatable bonds is 8. The average Bonchev–Trinajstić information content (AvgIpc) is 2.87. The number of carbonyl (C=O) groups excluding carboxylic acids is 1. The van der Waals surface area contributed by atoms with Crippen molar-refractivity contribution >= 4 is 35.4 Å². The lowest BCUT2D eigenvalue weighted by Gasteiger charge is -2.24. The molecule has 3 rings (SSSR count). The number of aliphatic carboxylic acids is 1. The third kappa shape index (κ3) is 6.31. The fourth-order valence-corrected chi connectivity index (χ4v) is 3.66. The number of carboxylic acids is 1. The van der Waals surface area contributed by atoms with Crippen molar-refractivity contribution < 1.29 is 32.6 Å². The highest BCUT2D eigenvalue weighted by Gasteiger charge is 2.33. The number of nitrogens with zero attached hydrogens (tertiary/aromatic N) is 3. The normalized spacial score (nSPS) is 12.0. The van der Waals surface area contributed by atoms with E-state index in [1.807, 2.05) is 0 Å². The number of carbonyl (C=O) groups is 2. The van der Waals surface area contributed by atoms with E-state index in [1.54, 1.807) is 24.3 Å². The fraction of sp³-hybridized carbons (Fsp3) is 0.259. The van der Waals surface area contributed by atoms with Crippen LogP contribution in [-0.2, 0) is 11.0 Å². The van der Waals surface area contributed by atoms with Gasteiger partial charge in [0, 0.05) is 53.8 Å². The Hall–Kier alpha value is -3.92. The van der Waals surface area contributed by atoms with E-state index in [0.29, 0.717) is 17.0 Å². The minimum atomic E-state index is -4.64. The van der Waals surface area contributed by atoms with Gasteiger partial charge < -0.3 is 14.7 Å². The summed E-state index contributed by atoms with van der Waals surface area (Å²) in [5.41, 5.74) is -0.940. The Morgan fingerprint density at radius 1 is 1.13 bits per heavy atom. The maximum absolute atomic E-state index is 13.4. The number of carboxylic acid groups (broad SMARTS) is 1. The molecule has 0 aliphatic carbocycles. The van der Waals surface area contributed by atoms with E-state index in [0.717, 1.165) is 12.3 Å². The predicted octanol–water partition coefficient (Wildman–Crippen LogP) is 6.24. The smallest absolute Gasteiger partial charge is 0.433 e. The molecule has 7 nitrogen and oxygen atoms in total. The molecule has 1 aromatic heterocycles. The largest absolute Gasteiger partial charge is 0.490 e. The highest BCUT2D eigenvalue weighted by Crippen LogP contribution is 2.35. The van der Waals surface area contributed by atoms with E-state index in [1.165, 1.54) is 57.3 Å². The lowest BCUT2D eigenvalue weighted by atomic mass is 9.95. The molecule has 0 aliphatic heterocycles. The highest BCUT2D eigenvalue weighted by atomic mass is 35.5. The quantitative estimate of drug-likeness (QED) is 0.337. The first-order valence-electron chi connectivity index (χ1n) is 11.3. The van der Waals surface area contributed by atoms with Gasteiger partial charge in [0.05, 0.1) is 11.1 Å². The van der Waals surface area contributed by atoms with Crippen LogP contribution in [0.15, 0.2) is 59.7 Å². The molecule has 0 spiro atoms. The number of aliphatic imine (C=N–C) groups is 1. The van der Waals surface area contributed by atoms with Gasteiger partial charge in [-0.2, -0.15) is 13.2 Å². The van der Waals surface area contributed by atoms with Gasteiger partial charge in [0.25, 0.3) is 5.91 Å². The van der Waals surface area contributed by atoms with Crippen LogP contribution in [-0.4, -0.2) is 48.9 Å². The maximum Gasteiger partial charge on any atom is 0.433 e. The molecule has 0 radical (unpaired) electrons. The van der Waals surface area contributed by atoms with Gasteiger partial charge >= 0.3 is 12.1 Å². The second kappa shape index (κ2) is 11.2. The standard InChI is InChI=1S/C27H25ClF3N3O4/c1-26(2,25(36)37)15-38-22-8-6-5-7-21(22)34(4)24(35)16-9-10-20(28)18(11-16)19-14-33-23(27(29,30)31)12-17(19)13-32-3/h5-14H,15H2,1-4H3,(H,36,37). The van der Waals surface area contributed by atoms with Crippen molar-refractivity contribution in [3.05, 3.63) is 76.6 Å². The molecular weight excluding hydrogens is 523 g/mol. The van der Waals surface area contributed by atoms with E-state index >= 15 is 0 Å². The predicted molar refractivity (Wildman–Crippen MR) is 139 cm³/mol. The Morgan fingerprint density at radius 2 is 1.82 bits per heavy atom. The maximum atomic E-state index is 13.4. The number of halogens is 4. The Kier molecular flexibility index (Phi) is 8.46. The molecule has 11 heteroatoms. The molecule has 0 fully saturated rings. The van der Waals surface area contributed by atoms with Crippen LogP contribution < -0.4 is 9.64 Å². The fourth-order valence-electron chi connectivity index (χ4n) is 3.44. The molecule has 0 unspecified atom stereocenters. The van der Waals surface area contributed by atoms with Gasteiger partial charge in [0.2, 0.25) is 0 Å². The van der Waals surface area contributed by atoms with Gasteiger partial charge in [-0.05, 0) is 50.2 Å². The van der Waals surface area contributed by atoms with Crippen molar-refractivity contribution in [1.29, 1.82) is 0 Å². The monoisotopic (exact) mass is 547 g/mol. The molecule has 1 N–H and O–H groups in total. The summed E-state index contributed by atoms with van der Waals surface area (Å²) in [4.78, 5) is 33.6. The summed E-state index contributed by atoms with van der Waals surface area (Å²) in [7, 11) is 2.95. The van der Waals surface area contributed by atoms with Gasteiger partial charge in [-0.15, -0.1) is 0 Å². The van der Waals surface area contributed by atoms with Crippen molar-refractivity contribution in [2.75, 3.05) is 25.6 Å². The lowest BCUT2D eigenvalue weighted by molar-refractivity contribution is -0.148. The number of hydrogen-bond acceptors (Lipinski definition) is 5. The summed E-state index contributed by atoms with van der Waals surface area (Å²) in [6.07, 6.45) is -2.34. The molecule has 1 heterocycles. The molecule has 200 valence electrons. The summed E-state index contributed by atoms with van der Waals surface area (Å²) < 4.78 is 45.4. The minimum Gasteiger partial charge on any atom is -0.490 e. The zero-order valence-electron chi connectivity index (χ0n) is 21.0. The zero-order chi connectivity index (χ0) is 28.3. The van der Waals surface area contributed by atoms with Crippen LogP contribution in [0.25, 0.3) is 11.1 Å². The Balaban J connectivity index is 1.98. The summed E-state index contributed by atoms with van der Waals surface area (Å²) >= 11 is 6.38. The molecule has 1 amide bonds. The summed E-state index contributed by atoms with van der Waals surface area (Å²) in [5, 5.41) is 9.57. The summed E-state index contributed by atoms with van der Waals surface area (Å²) in [6.45, 7) is 2.92. The molecule has 3 aromatic rings. The van der Waals surface area contributed by atoms with Gasteiger partial charge in [0.1, 0.15) is 18.1 Å². The zero-order valence-corrected chi connectivity index (χ0v) is 21.8. The van der Waals surface area contributed by atoms with Crippen LogP contribution in [0.2, 0.25) is 5.02 Å². The van der Waals surface area contributed by atoms with Crippen molar-refractivity contribution in [3.63, 3.8) is 0 Å². The van der Waals surface area contributed by atoms with E-state index in [-0.39, 0.29) is 28.3 Å². The van der Waals surface area contributed by atoms with Crippen LogP contribution in [0.3, 0.4) is 0 Å². The minimum absolute atomic E-state index is 0.130. The van der Waals surface area contributed by atoms with Gasteiger partial charge in [-0.25, -0.2) is 0 Å². The van der Waals surface area contributed by atoms with Crippen molar-refractivity contribution in [2.24, 2.45) is 10.4 Å². The number of anilines is 1. The number of aromatic nitrogens is 1. The van der Waals surface area contributed by atoms with E-state index in [9.17, 15) is 27.9 Å². The number of para-hydroxylation sites is 2. The molecule has 0 bridgehead atoms. The lowest BCUT2D eigenvalue weighted by Crippen LogP contribution is -2.31. The van der Waals surface area contributed by atoms with E-state index < -0.39 is 29.2 Å². The second-order valence-corrected chi connectivity index (χ2v) is 9.45. The van der Waals surface area contributed by atoms with Gasteiger partial charge in [-0.1, -0.05) is 23.7 Å². The topological polar surface area (TPSA) is 92.1 Å². The number of hydrogen-bond donors (Lipinski definition) is 1. The number of alkyl halides is 3. The number of amides is 1. The van der Waals surface area contributed by atoms with Crippen LogP contribution >= 0.6 is 11.6 Å². The van der Waals surface area contributed by atoms with Gasteiger partial charge in [-0.3, -0.25) is 19.6 Å². The highest BCUT2D eigenvalue weighted by molar-refractivity contribution is 6.33. The summed E-state index contributed by atoms with van der Waals surface area (Å²) in [6, 6.07) is 12.0. The third-order valence-corrected chi connectivity index (χ3v) is 6.03. The molecule has 2 aromatic carbocycles. The molecule has 0 saturated carbocycles. The van der Waals surface area contributed by atoms with Crippen LogP contribution in [0.4, 0.5) is 18.9 Å².